The molecule has 2 N–H and O–H groups in total. The maximum absolute atomic E-state index is 5.93. The van der Waals surface area contributed by atoms with E-state index in [1.165, 1.54) is 5.56 Å². The Morgan fingerprint density at radius 3 is 2.86 bits per heavy atom. The molecule has 1 aliphatic rings. The van der Waals surface area contributed by atoms with E-state index in [-0.39, 0.29) is 6.10 Å². The molecule has 76 valence electrons. The fraction of sp³-hybridized carbons (Fsp3) is 0.545. The van der Waals surface area contributed by atoms with Gasteiger partial charge in [0.2, 0.25) is 0 Å². The Balaban J connectivity index is 2.36. The van der Waals surface area contributed by atoms with Crippen molar-refractivity contribution in [1.29, 1.82) is 0 Å². The van der Waals surface area contributed by atoms with Crippen molar-refractivity contribution in [3.63, 3.8) is 0 Å². The summed E-state index contributed by atoms with van der Waals surface area (Å²) in [5.41, 5.74) is 9.93. The first-order valence-corrected chi connectivity index (χ1v) is 5.10. The molecule has 1 fully saturated rings. The molecule has 1 atom stereocenters. The van der Waals surface area contributed by atoms with E-state index in [2.05, 4.69) is 11.9 Å². The van der Waals surface area contributed by atoms with Gasteiger partial charge in [0.05, 0.1) is 18.0 Å². The minimum absolute atomic E-state index is 0.139. The van der Waals surface area contributed by atoms with Gasteiger partial charge in [0.25, 0.3) is 0 Å². The molecular formula is C11H16N2O. The van der Waals surface area contributed by atoms with Gasteiger partial charge in [-0.25, -0.2) is 0 Å². The second-order valence-electron chi connectivity index (χ2n) is 3.71. The first kappa shape index (κ1) is 9.46. The number of nitrogen functional groups attached to an aromatic ring is 1. The Hall–Kier alpha value is -1.09. The summed E-state index contributed by atoms with van der Waals surface area (Å²) in [4.78, 5) is 4.52. The summed E-state index contributed by atoms with van der Waals surface area (Å²) in [5.74, 6) is 0. The van der Waals surface area contributed by atoms with Crippen LogP contribution in [0.4, 0.5) is 5.69 Å². The molecular weight excluding hydrogens is 176 g/mol. The number of nitrogens with two attached hydrogens (primary N) is 1. The number of pyridine rings is 1. The van der Waals surface area contributed by atoms with E-state index >= 15 is 0 Å². The van der Waals surface area contributed by atoms with Crippen LogP contribution >= 0.6 is 0 Å². The summed E-state index contributed by atoms with van der Waals surface area (Å²) >= 11 is 0. The number of aryl methyl sites for hydroxylation is 2. The maximum Gasteiger partial charge on any atom is 0.104 e. The van der Waals surface area contributed by atoms with Crippen LogP contribution in [0.25, 0.3) is 0 Å². The molecule has 3 heteroatoms. The molecule has 0 amide bonds. The number of rotatable bonds is 2. The topological polar surface area (TPSA) is 48.1 Å². The zero-order valence-corrected chi connectivity index (χ0v) is 8.71. The van der Waals surface area contributed by atoms with Crippen LogP contribution < -0.4 is 5.73 Å². The number of anilines is 1. The van der Waals surface area contributed by atoms with Crippen LogP contribution in [-0.4, -0.2) is 11.6 Å². The van der Waals surface area contributed by atoms with Crippen molar-refractivity contribution in [3.05, 3.63) is 23.0 Å². The molecule has 0 radical (unpaired) electrons. The van der Waals surface area contributed by atoms with Crippen LogP contribution in [0, 0.1) is 6.92 Å². The predicted molar refractivity (Wildman–Crippen MR) is 56.1 cm³/mol. The van der Waals surface area contributed by atoms with Gasteiger partial charge in [-0.2, -0.15) is 0 Å². The molecule has 0 saturated carbocycles. The molecule has 1 saturated heterocycles. The highest BCUT2D eigenvalue weighted by molar-refractivity contribution is 5.48. The lowest BCUT2D eigenvalue weighted by atomic mass is 10.0. The molecule has 0 aliphatic carbocycles. The van der Waals surface area contributed by atoms with Crippen LogP contribution in [0.15, 0.2) is 6.07 Å². The van der Waals surface area contributed by atoms with Gasteiger partial charge < -0.3 is 10.5 Å². The van der Waals surface area contributed by atoms with E-state index in [0.29, 0.717) is 0 Å². The number of hydrogen-bond acceptors (Lipinski definition) is 3. The van der Waals surface area contributed by atoms with Gasteiger partial charge in [0.1, 0.15) is 6.10 Å². The average Bonchev–Trinajstić information content (AvgIpc) is 2.08. The Morgan fingerprint density at radius 1 is 1.64 bits per heavy atom. The zero-order valence-electron chi connectivity index (χ0n) is 8.71. The normalized spacial score (nSPS) is 20.6. The van der Waals surface area contributed by atoms with Crippen molar-refractivity contribution >= 4 is 5.69 Å². The second-order valence-corrected chi connectivity index (χ2v) is 3.71. The third-order valence-corrected chi connectivity index (χ3v) is 2.76. The van der Waals surface area contributed by atoms with E-state index in [4.69, 9.17) is 10.5 Å². The average molecular weight is 192 g/mol. The molecule has 1 unspecified atom stereocenters. The van der Waals surface area contributed by atoms with Gasteiger partial charge >= 0.3 is 0 Å². The molecule has 14 heavy (non-hydrogen) atoms. The Labute approximate surface area is 84.3 Å². The van der Waals surface area contributed by atoms with Gasteiger partial charge in [-0.05, 0) is 25.0 Å². The summed E-state index contributed by atoms with van der Waals surface area (Å²) in [6.07, 6.45) is 2.16. The summed E-state index contributed by atoms with van der Waals surface area (Å²) in [7, 11) is 0. The molecule has 1 aromatic rings. The van der Waals surface area contributed by atoms with E-state index in [0.717, 1.165) is 36.5 Å². The van der Waals surface area contributed by atoms with Gasteiger partial charge in [0, 0.05) is 12.1 Å². The number of nitrogens with zero attached hydrogens (tertiary/aromatic N) is 1. The van der Waals surface area contributed by atoms with Gasteiger partial charge in [-0.15, -0.1) is 0 Å². The van der Waals surface area contributed by atoms with Crippen molar-refractivity contribution < 1.29 is 4.74 Å². The van der Waals surface area contributed by atoms with E-state index < -0.39 is 0 Å². The summed E-state index contributed by atoms with van der Waals surface area (Å²) in [6, 6.07) is 2.03. The fourth-order valence-corrected chi connectivity index (χ4v) is 1.75. The van der Waals surface area contributed by atoms with Crippen LogP contribution in [0.2, 0.25) is 0 Å². The zero-order chi connectivity index (χ0) is 10.1. The highest BCUT2D eigenvalue weighted by atomic mass is 16.5. The molecule has 2 heterocycles. The quantitative estimate of drug-likeness (QED) is 0.779. The summed E-state index contributed by atoms with van der Waals surface area (Å²) < 4.78 is 5.38. The van der Waals surface area contributed by atoms with Crippen LogP contribution in [0.3, 0.4) is 0 Å². The lowest BCUT2D eigenvalue weighted by molar-refractivity contribution is -0.0548. The van der Waals surface area contributed by atoms with Crippen LogP contribution in [0.1, 0.15) is 36.4 Å². The number of ether oxygens (including phenoxy) is 1. The van der Waals surface area contributed by atoms with Crippen LogP contribution in [-0.2, 0) is 11.2 Å². The van der Waals surface area contributed by atoms with Crippen LogP contribution in [0.5, 0.6) is 0 Å². The SMILES string of the molecule is CCc1cc(N)c(C2CCO2)nc1C. The van der Waals surface area contributed by atoms with E-state index in [1.807, 2.05) is 13.0 Å². The molecule has 3 nitrogen and oxygen atoms in total. The number of hydrogen-bond donors (Lipinski definition) is 1. The lowest BCUT2D eigenvalue weighted by Gasteiger charge is -2.27. The predicted octanol–water partition coefficient (Wildman–Crippen LogP) is 2.00. The highest BCUT2D eigenvalue weighted by Gasteiger charge is 2.24. The molecule has 0 aromatic carbocycles. The van der Waals surface area contributed by atoms with Gasteiger partial charge in [0.15, 0.2) is 0 Å². The van der Waals surface area contributed by atoms with Gasteiger partial charge in [-0.1, -0.05) is 6.92 Å². The highest BCUT2D eigenvalue weighted by Crippen LogP contribution is 2.32. The fourth-order valence-electron chi connectivity index (χ4n) is 1.75. The Kier molecular flexibility index (Phi) is 2.42. The van der Waals surface area contributed by atoms with Crippen molar-refractivity contribution in [3.8, 4) is 0 Å². The van der Waals surface area contributed by atoms with Gasteiger partial charge in [-0.3, -0.25) is 4.98 Å². The molecule has 0 spiro atoms. The standard InChI is InChI=1S/C11H16N2O/c1-3-8-6-9(12)11(13-7(8)2)10-4-5-14-10/h6,10H,3-5,12H2,1-2H3. The smallest absolute Gasteiger partial charge is 0.104 e. The molecule has 1 aromatic heterocycles. The monoisotopic (exact) mass is 192 g/mol. The van der Waals surface area contributed by atoms with Crippen molar-refractivity contribution in [2.45, 2.75) is 32.8 Å². The third-order valence-electron chi connectivity index (χ3n) is 2.76. The van der Waals surface area contributed by atoms with Crippen molar-refractivity contribution in [2.24, 2.45) is 0 Å². The first-order valence-electron chi connectivity index (χ1n) is 5.10. The first-order chi connectivity index (χ1) is 6.72. The summed E-state index contributed by atoms with van der Waals surface area (Å²) in [5, 5.41) is 0. The second kappa shape index (κ2) is 3.58. The van der Waals surface area contributed by atoms with E-state index in [9.17, 15) is 0 Å². The minimum atomic E-state index is 0.139. The molecule has 0 bridgehead atoms. The minimum Gasteiger partial charge on any atom is -0.397 e. The largest absolute Gasteiger partial charge is 0.397 e. The maximum atomic E-state index is 5.93. The molecule has 2 rings (SSSR count). The van der Waals surface area contributed by atoms with E-state index in [1.54, 1.807) is 0 Å². The molecule has 1 aliphatic heterocycles. The Morgan fingerprint density at radius 2 is 2.36 bits per heavy atom. The van der Waals surface area contributed by atoms with Crippen molar-refractivity contribution in [2.75, 3.05) is 12.3 Å². The lowest BCUT2D eigenvalue weighted by Crippen LogP contribution is -2.21. The Bertz CT molecular complexity index is 345. The number of aromatic nitrogens is 1. The summed E-state index contributed by atoms with van der Waals surface area (Å²) in [6.45, 7) is 4.98. The third kappa shape index (κ3) is 1.48. The van der Waals surface area contributed by atoms with Crippen molar-refractivity contribution in [1.82, 2.24) is 4.98 Å².